The molecule has 1 aliphatic heterocycles. The summed E-state index contributed by atoms with van der Waals surface area (Å²) in [4.78, 5) is 18.6. The fraction of sp³-hybridized carbons (Fsp3) is 0.423. The van der Waals surface area contributed by atoms with Gasteiger partial charge in [-0.15, -0.1) is 5.10 Å². The van der Waals surface area contributed by atoms with Crippen LogP contribution in [0.15, 0.2) is 42.9 Å². The molecule has 1 aliphatic rings. The lowest BCUT2D eigenvalue weighted by Gasteiger charge is -2.29. The number of hydrogen-bond acceptors (Lipinski definition) is 7. The maximum absolute atomic E-state index is 12.6. The molecule has 9 nitrogen and oxygen atoms in total. The van der Waals surface area contributed by atoms with E-state index in [9.17, 15) is 4.79 Å². The van der Waals surface area contributed by atoms with E-state index in [0.717, 1.165) is 40.8 Å². The highest BCUT2D eigenvalue weighted by molar-refractivity contribution is 5.91. The minimum atomic E-state index is -0.253. The van der Waals surface area contributed by atoms with Gasteiger partial charge in [-0.1, -0.05) is 23.4 Å². The number of rotatable bonds is 6. The van der Waals surface area contributed by atoms with Gasteiger partial charge in [-0.2, -0.15) is 5.26 Å². The minimum absolute atomic E-state index is 0.0642. The van der Waals surface area contributed by atoms with E-state index < -0.39 is 0 Å². The lowest BCUT2D eigenvalue weighted by atomic mass is 9.99. The number of nitrogens with zero attached hydrogens (tertiary/aromatic N) is 6. The summed E-state index contributed by atoms with van der Waals surface area (Å²) in [6, 6.07) is 8.10. The van der Waals surface area contributed by atoms with Crippen molar-refractivity contribution in [3.63, 3.8) is 0 Å². The van der Waals surface area contributed by atoms with Gasteiger partial charge in [0.2, 0.25) is 0 Å². The number of hydrogen-bond donors (Lipinski definition) is 1. The molecule has 0 bridgehead atoms. The molecule has 0 radical (unpaired) electrons. The largest absolute Gasteiger partial charge is 0.488 e. The van der Waals surface area contributed by atoms with Crippen LogP contribution in [0.2, 0.25) is 0 Å². The topological polar surface area (TPSA) is 109 Å². The van der Waals surface area contributed by atoms with Crippen molar-refractivity contribution in [2.75, 3.05) is 13.1 Å². The molecule has 182 valence electrons. The van der Waals surface area contributed by atoms with Gasteiger partial charge in [0.25, 0.3) is 5.91 Å². The Morgan fingerprint density at radius 1 is 1.26 bits per heavy atom. The molecule has 0 spiro atoms. The Kier molecular flexibility index (Phi) is 7.01. The molecule has 3 heterocycles. The molecular formula is C26H31N7O2. The van der Waals surface area contributed by atoms with Gasteiger partial charge in [0, 0.05) is 44.2 Å². The van der Waals surface area contributed by atoms with Crippen LogP contribution in [-0.4, -0.2) is 50.0 Å². The number of benzene rings is 1. The first-order valence-electron chi connectivity index (χ1n) is 11.8. The quantitative estimate of drug-likeness (QED) is 0.544. The van der Waals surface area contributed by atoms with E-state index >= 15 is 0 Å². The van der Waals surface area contributed by atoms with Gasteiger partial charge < -0.3 is 15.0 Å². The van der Waals surface area contributed by atoms with E-state index in [0.29, 0.717) is 25.3 Å². The number of ether oxygens (including phenoxy) is 1. The Bertz CT molecular complexity index is 1230. The molecule has 2 aromatic heterocycles. The molecule has 1 fully saturated rings. The second kappa shape index (κ2) is 10.1. The number of nitrogens with one attached hydrogen (secondary N) is 1. The van der Waals surface area contributed by atoms with Crippen LogP contribution in [0.5, 0.6) is 5.75 Å². The Hall–Kier alpha value is -3.93. The van der Waals surface area contributed by atoms with Gasteiger partial charge in [0.05, 0.1) is 17.9 Å². The second-order valence-electron chi connectivity index (χ2n) is 9.82. The van der Waals surface area contributed by atoms with Crippen LogP contribution < -0.4 is 10.1 Å². The smallest absolute Gasteiger partial charge is 0.273 e. The maximum Gasteiger partial charge on any atom is 0.273 e. The first kappa shape index (κ1) is 24.2. The zero-order chi connectivity index (χ0) is 25.0. The van der Waals surface area contributed by atoms with Crippen molar-refractivity contribution >= 4 is 5.91 Å². The van der Waals surface area contributed by atoms with Gasteiger partial charge in [-0.25, -0.2) is 4.68 Å². The average molecular weight is 474 g/mol. The number of aryl methyl sites for hydroxylation is 1. The number of carbonyl (C=O) groups is 1. The highest BCUT2D eigenvalue weighted by Gasteiger charge is 2.21. The zero-order valence-corrected chi connectivity index (χ0v) is 20.7. The SMILES string of the molecule is Cc1cc(-c2ccncc2OC2CCN(C#N)CC2)ccc1CNC(=O)c1cn(C(C)(C)C)nn1. The van der Waals surface area contributed by atoms with Crippen LogP contribution in [0.1, 0.15) is 55.2 Å². The van der Waals surface area contributed by atoms with Crippen LogP contribution in [0, 0.1) is 18.4 Å². The fourth-order valence-electron chi connectivity index (χ4n) is 3.99. The van der Waals surface area contributed by atoms with E-state index in [1.54, 1.807) is 28.2 Å². The van der Waals surface area contributed by atoms with Gasteiger partial charge in [-0.05, 0) is 50.5 Å². The lowest BCUT2D eigenvalue weighted by Crippen LogP contribution is -2.35. The van der Waals surface area contributed by atoms with E-state index in [4.69, 9.17) is 10.00 Å². The molecule has 3 aromatic rings. The first-order chi connectivity index (χ1) is 16.7. The third-order valence-electron chi connectivity index (χ3n) is 6.17. The lowest BCUT2D eigenvalue weighted by molar-refractivity contribution is 0.0945. The third kappa shape index (κ3) is 5.77. The van der Waals surface area contributed by atoms with Crippen molar-refractivity contribution in [3.8, 4) is 23.1 Å². The number of aromatic nitrogens is 4. The van der Waals surface area contributed by atoms with Crippen LogP contribution >= 0.6 is 0 Å². The van der Waals surface area contributed by atoms with Gasteiger partial charge in [0.15, 0.2) is 11.9 Å². The predicted molar refractivity (Wildman–Crippen MR) is 131 cm³/mol. The Labute approximate surface area is 205 Å². The van der Waals surface area contributed by atoms with Crippen molar-refractivity contribution in [2.45, 2.75) is 58.7 Å². The van der Waals surface area contributed by atoms with E-state index in [-0.39, 0.29) is 17.6 Å². The second-order valence-corrected chi connectivity index (χ2v) is 9.82. The number of amides is 1. The first-order valence-corrected chi connectivity index (χ1v) is 11.8. The summed E-state index contributed by atoms with van der Waals surface area (Å²) < 4.78 is 7.97. The van der Waals surface area contributed by atoms with E-state index in [1.165, 1.54) is 0 Å². The number of carbonyl (C=O) groups excluding carboxylic acids is 1. The van der Waals surface area contributed by atoms with Gasteiger partial charge in [-0.3, -0.25) is 9.78 Å². The molecule has 0 unspecified atom stereocenters. The van der Waals surface area contributed by atoms with Crippen molar-refractivity contribution in [3.05, 3.63) is 59.7 Å². The molecular weight excluding hydrogens is 442 g/mol. The average Bonchev–Trinajstić information content (AvgIpc) is 3.35. The van der Waals surface area contributed by atoms with Gasteiger partial charge >= 0.3 is 0 Å². The summed E-state index contributed by atoms with van der Waals surface area (Å²) >= 11 is 0. The molecule has 1 amide bonds. The summed E-state index contributed by atoms with van der Waals surface area (Å²) in [5, 5.41) is 20.1. The molecule has 1 N–H and O–H groups in total. The van der Waals surface area contributed by atoms with E-state index in [1.807, 2.05) is 45.9 Å². The molecule has 0 atom stereocenters. The molecule has 1 saturated heterocycles. The number of pyridine rings is 1. The van der Waals surface area contributed by atoms with E-state index in [2.05, 4.69) is 32.9 Å². The van der Waals surface area contributed by atoms with Crippen molar-refractivity contribution in [1.82, 2.24) is 30.2 Å². The van der Waals surface area contributed by atoms with Gasteiger partial charge in [0.1, 0.15) is 11.9 Å². The molecule has 4 rings (SSSR count). The number of nitriles is 1. The number of likely N-dealkylation sites (tertiary alicyclic amines) is 1. The Balaban J connectivity index is 1.43. The van der Waals surface area contributed by atoms with Crippen LogP contribution in [0.25, 0.3) is 11.1 Å². The third-order valence-corrected chi connectivity index (χ3v) is 6.17. The normalized spacial score (nSPS) is 14.4. The molecule has 0 aliphatic carbocycles. The predicted octanol–water partition coefficient (Wildman–Crippen LogP) is 3.66. The Morgan fingerprint density at radius 3 is 2.69 bits per heavy atom. The fourth-order valence-corrected chi connectivity index (χ4v) is 3.99. The van der Waals surface area contributed by atoms with Crippen molar-refractivity contribution in [2.24, 2.45) is 0 Å². The van der Waals surface area contributed by atoms with Crippen LogP contribution in [-0.2, 0) is 12.1 Å². The van der Waals surface area contributed by atoms with Crippen molar-refractivity contribution in [1.29, 1.82) is 5.26 Å². The number of piperidine rings is 1. The molecule has 1 aromatic carbocycles. The summed E-state index contributed by atoms with van der Waals surface area (Å²) in [5.41, 5.74) is 4.14. The van der Waals surface area contributed by atoms with Crippen LogP contribution in [0.3, 0.4) is 0 Å². The summed E-state index contributed by atoms with van der Waals surface area (Å²) in [5.74, 6) is 0.488. The zero-order valence-electron chi connectivity index (χ0n) is 20.7. The molecule has 9 heteroatoms. The summed E-state index contributed by atoms with van der Waals surface area (Å²) in [6.07, 6.45) is 9.06. The monoisotopic (exact) mass is 473 g/mol. The summed E-state index contributed by atoms with van der Waals surface area (Å²) in [6.45, 7) is 9.86. The highest BCUT2D eigenvalue weighted by atomic mass is 16.5. The molecule has 35 heavy (non-hydrogen) atoms. The summed E-state index contributed by atoms with van der Waals surface area (Å²) in [7, 11) is 0. The maximum atomic E-state index is 12.6. The van der Waals surface area contributed by atoms with Crippen molar-refractivity contribution < 1.29 is 9.53 Å². The molecule has 0 saturated carbocycles. The Morgan fingerprint density at radius 2 is 2.03 bits per heavy atom. The standard InChI is InChI=1S/C26H31N7O2/c1-18-13-19(22-7-10-28-15-24(22)35-21-8-11-32(17-27)12-9-21)5-6-20(18)14-29-25(34)23-16-33(31-30-23)26(2,3)4/h5-7,10,13,15-16,21H,8-9,11-12,14H2,1-4H3,(H,29,34). The highest BCUT2D eigenvalue weighted by Crippen LogP contribution is 2.32. The minimum Gasteiger partial charge on any atom is -0.488 e. The van der Waals surface area contributed by atoms with Crippen LogP contribution in [0.4, 0.5) is 0 Å².